The Balaban J connectivity index is 1.39. The Kier molecular flexibility index (Phi) is 7.39. The molecule has 1 fully saturated rings. The van der Waals surface area contributed by atoms with Crippen molar-refractivity contribution in [3.05, 3.63) is 115 Å². The van der Waals surface area contributed by atoms with Gasteiger partial charge in [0.25, 0.3) is 11.1 Å². The van der Waals surface area contributed by atoms with Gasteiger partial charge >= 0.3 is 0 Å². The number of hydrogen-bond donors (Lipinski definition) is 0. The highest BCUT2D eigenvalue weighted by Crippen LogP contribution is 2.37. The number of nitrogens with zero attached hydrogens (tertiary/aromatic N) is 1. The SMILES string of the molecule is O=C1S/C(=C\c2cc(Br)ccc2OCc2cccc3ccccc23)C(=O)N1Cc1ccc(Cl)cc1Cl. The van der Waals surface area contributed by atoms with E-state index in [4.69, 9.17) is 27.9 Å². The molecule has 5 rings (SSSR count). The van der Waals surface area contributed by atoms with Crippen LogP contribution in [-0.2, 0) is 17.9 Å². The van der Waals surface area contributed by atoms with Crippen LogP contribution in [0.3, 0.4) is 0 Å². The molecule has 0 bridgehead atoms. The van der Waals surface area contributed by atoms with Crippen LogP contribution < -0.4 is 4.74 Å². The molecule has 1 heterocycles. The first kappa shape index (κ1) is 24.9. The lowest BCUT2D eigenvalue weighted by Crippen LogP contribution is -2.27. The topological polar surface area (TPSA) is 46.6 Å². The summed E-state index contributed by atoms with van der Waals surface area (Å²) in [5, 5.41) is 2.81. The van der Waals surface area contributed by atoms with Gasteiger partial charge in [0.1, 0.15) is 12.4 Å². The summed E-state index contributed by atoms with van der Waals surface area (Å²) in [4.78, 5) is 27.3. The fourth-order valence-corrected chi connectivity index (χ4v) is 5.61. The van der Waals surface area contributed by atoms with Crippen LogP contribution in [-0.4, -0.2) is 16.0 Å². The molecule has 4 aromatic rings. The van der Waals surface area contributed by atoms with Gasteiger partial charge in [-0.2, -0.15) is 0 Å². The van der Waals surface area contributed by atoms with Crippen molar-refractivity contribution in [3.8, 4) is 5.75 Å². The third-order valence-corrected chi connectivity index (χ3v) is 7.73. The van der Waals surface area contributed by atoms with E-state index in [1.54, 1.807) is 24.3 Å². The van der Waals surface area contributed by atoms with E-state index < -0.39 is 0 Å². The molecule has 36 heavy (non-hydrogen) atoms. The number of imide groups is 1. The molecule has 4 nitrogen and oxygen atoms in total. The molecule has 0 aliphatic carbocycles. The lowest BCUT2D eigenvalue weighted by atomic mass is 10.1. The van der Waals surface area contributed by atoms with Crippen LogP contribution >= 0.6 is 50.9 Å². The lowest BCUT2D eigenvalue weighted by Gasteiger charge is -2.14. The zero-order valence-electron chi connectivity index (χ0n) is 18.7. The minimum atomic E-state index is -0.379. The lowest BCUT2D eigenvalue weighted by molar-refractivity contribution is -0.123. The zero-order valence-corrected chi connectivity index (χ0v) is 22.6. The van der Waals surface area contributed by atoms with Crippen LogP contribution in [0.15, 0.2) is 88.2 Å². The maximum Gasteiger partial charge on any atom is 0.293 e. The van der Waals surface area contributed by atoms with Gasteiger partial charge < -0.3 is 4.74 Å². The first-order chi connectivity index (χ1) is 17.4. The van der Waals surface area contributed by atoms with Crippen LogP contribution in [0, 0.1) is 0 Å². The summed E-state index contributed by atoms with van der Waals surface area (Å²) in [6.07, 6.45) is 1.69. The fourth-order valence-electron chi connectivity index (χ4n) is 3.94. The quantitative estimate of drug-likeness (QED) is 0.208. The van der Waals surface area contributed by atoms with Crippen LogP contribution in [0.5, 0.6) is 5.75 Å². The van der Waals surface area contributed by atoms with E-state index in [0.717, 1.165) is 32.6 Å². The van der Waals surface area contributed by atoms with Gasteiger partial charge in [0, 0.05) is 20.1 Å². The smallest absolute Gasteiger partial charge is 0.293 e. The van der Waals surface area contributed by atoms with E-state index >= 15 is 0 Å². The number of thioether (sulfide) groups is 1. The summed E-state index contributed by atoms with van der Waals surface area (Å²) in [5.41, 5.74) is 2.40. The number of carbonyl (C=O) groups is 2. The summed E-state index contributed by atoms with van der Waals surface area (Å²) >= 11 is 16.6. The third-order valence-electron chi connectivity index (χ3n) is 5.74. The van der Waals surface area contributed by atoms with Crippen molar-refractivity contribution < 1.29 is 14.3 Å². The van der Waals surface area contributed by atoms with E-state index in [9.17, 15) is 9.59 Å². The van der Waals surface area contributed by atoms with E-state index in [2.05, 4.69) is 34.1 Å². The van der Waals surface area contributed by atoms with Crippen molar-refractivity contribution in [2.24, 2.45) is 0 Å². The monoisotopic (exact) mass is 597 g/mol. The highest BCUT2D eigenvalue weighted by atomic mass is 79.9. The molecule has 1 aliphatic heterocycles. The molecule has 0 N–H and O–H groups in total. The molecule has 0 aromatic heterocycles. The van der Waals surface area contributed by atoms with Gasteiger partial charge in [0.15, 0.2) is 0 Å². The summed E-state index contributed by atoms with van der Waals surface area (Å²) in [6, 6.07) is 24.8. The van der Waals surface area contributed by atoms with E-state index in [1.165, 1.54) is 4.90 Å². The van der Waals surface area contributed by atoms with E-state index in [1.807, 2.05) is 42.5 Å². The minimum absolute atomic E-state index is 0.0704. The molecule has 0 atom stereocenters. The van der Waals surface area contributed by atoms with Crippen molar-refractivity contribution >= 4 is 78.9 Å². The third kappa shape index (κ3) is 5.32. The van der Waals surface area contributed by atoms with Gasteiger partial charge in [-0.25, -0.2) is 0 Å². The predicted octanol–water partition coefficient (Wildman–Crippen LogP) is 8.72. The molecule has 0 saturated carbocycles. The summed E-state index contributed by atoms with van der Waals surface area (Å²) in [7, 11) is 0. The zero-order chi connectivity index (χ0) is 25.2. The number of fused-ring (bicyclic) bond motifs is 1. The van der Waals surface area contributed by atoms with Gasteiger partial charge in [-0.05, 0) is 70.1 Å². The maximum absolute atomic E-state index is 13.1. The largest absolute Gasteiger partial charge is 0.488 e. The molecular formula is C28H18BrCl2NO3S. The Morgan fingerprint density at radius 1 is 0.917 bits per heavy atom. The molecule has 0 unspecified atom stereocenters. The molecule has 180 valence electrons. The highest BCUT2D eigenvalue weighted by molar-refractivity contribution is 9.10. The Morgan fingerprint density at radius 3 is 2.56 bits per heavy atom. The van der Waals surface area contributed by atoms with Crippen molar-refractivity contribution in [2.75, 3.05) is 0 Å². The van der Waals surface area contributed by atoms with Crippen LogP contribution in [0.4, 0.5) is 4.79 Å². The molecule has 0 radical (unpaired) electrons. The van der Waals surface area contributed by atoms with Crippen LogP contribution in [0.25, 0.3) is 16.8 Å². The molecule has 1 saturated heterocycles. The first-order valence-corrected chi connectivity index (χ1v) is 13.3. The Morgan fingerprint density at radius 2 is 1.72 bits per heavy atom. The van der Waals surface area contributed by atoms with E-state index in [0.29, 0.717) is 38.4 Å². The Hall–Kier alpha value is -2.77. The summed E-state index contributed by atoms with van der Waals surface area (Å²) in [6.45, 7) is 0.432. The van der Waals surface area contributed by atoms with Crippen molar-refractivity contribution in [2.45, 2.75) is 13.2 Å². The molecule has 1 aliphatic rings. The molecule has 0 spiro atoms. The normalized spacial score (nSPS) is 14.8. The standard InChI is InChI=1S/C28H18BrCl2NO3S/c29-21-9-11-25(35-16-19-6-3-5-17-4-1-2-7-23(17)19)20(12-21)13-26-27(33)32(28(34)36-26)15-18-8-10-22(30)14-24(18)31/h1-14H,15-16H2/b26-13-. The van der Waals surface area contributed by atoms with Crippen molar-refractivity contribution in [1.82, 2.24) is 4.90 Å². The average molecular weight is 599 g/mol. The number of halogens is 3. The van der Waals surface area contributed by atoms with Crippen molar-refractivity contribution in [3.63, 3.8) is 0 Å². The van der Waals surface area contributed by atoms with Gasteiger partial charge in [-0.1, -0.05) is 87.7 Å². The minimum Gasteiger partial charge on any atom is -0.488 e. The molecular weight excluding hydrogens is 581 g/mol. The maximum atomic E-state index is 13.1. The molecule has 4 aromatic carbocycles. The second kappa shape index (κ2) is 10.7. The van der Waals surface area contributed by atoms with Gasteiger partial charge in [-0.3, -0.25) is 14.5 Å². The average Bonchev–Trinajstić information content (AvgIpc) is 3.12. The first-order valence-electron chi connectivity index (χ1n) is 11.0. The summed E-state index contributed by atoms with van der Waals surface area (Å²) < 4.78 is 7.03. The van der Waals surface area contributed by atoms with Crippen LogP contribution in [0.1, 0.15) is 16.7 Å². The number of amides is 2. The molecule has 2 amide bonds. The molecule has 8 heteroatoms. The Bertz CT molecular complexity index is 1530. The Labute approximate surface area is 231 Å². The summed E-state index contributed by atoms with van der Waals surface area (Å²) in [5.74, 6) is 0.231. The van der Waals surface area contributed by atoms with Gasteiger partial charge in [-0.15, -0.1) is 0 Å². The van der Waals surface area contributed by atoms with Gasteiger partial charge in [0.05, 0.1) is 11.4 Å². The van der Waals surface area contributed by atoms with Crippen LogP contribution in [0.2, 0.25) is 10.0 Å². The number of benzene rings is 4. The fraction of sp³-hybridized carbons (Fsp3) is 0.0714. The number of carbonyl (C=O) groups excluding carboxylic acids is 2. The van der Waals surface area contributed by atoms with E-state index in [-0.39, 0.29) is 17.7 Å². The number of rotatable bonds is 6. The second-order valence-corrected chi connectivity index (χ2v) is 10.9. The van der Waals surface area contributed by atoms with Crippen molar-refractivity contribution in [1.29, 1.82) is 0 Å². The second-order valence-electron chi connectivity index (χ2n) is 8.11. The number of hydrogen-bond acceptors (Lipinski definition) is 4. The number of ether oxygens (including phenoxy) is 1. The highest BCUT2D eigenvalue weighted by Gasteiger charge is 2.35. The predicted molar refractivity (Wildman–Crippen MR) is 150 cm³/mol. The van der Waals surface area contributed by atoms with Gasteiger partial charge in [0.2, 0.25) is 0 Å².